The lowest BCUT2D eigenvalue weighted by molar-refractivity contribution is 0.277. The summed E-state index contributed by atoms with van der Waals surface area (Å²) >= 11 is 0. The Labute approximate surface area is 101 Å². The summed E-state index contributed by atoms with van der Waals surface area (Å²) in [7, 11) is -3.67. The zero-order valence-corrected chi connectivity index (χ0v) is 11.3. The number of aryl methyl sites for hydroxylation is 1. The second kappa shape index (κ2) is 4.75. The summed E-state index contributed by atoms with van der Waals surface area (Å²) in [5.74, 6) is 0. The maximum Gasteiger partial charge on any atom is 0.260 e. The number of sulfonamides is 1. The first-order valence-corrected chi connectivity index (χ1v) is 6.80. The summed E-state index contributed by atoms with van der Waals surface area (Å²) in [5, 5.41) is 15.3. The molecule has 6 nitrogen and oxygen atoms in total. The number of aliphatic hydroxyl groups excluding tert-OH is 1. The molecule has 0 atom stereocenters. The summed E-state index contributed by atoms with van der Waals surface area (Å²) in [6.07, 6.45) is 0. The first kappa shape index (κ1) is 14.1. The van der Waals surface area contributed by atoms with Crippen LogP contribution < -0.4 is 4.72 Å². The van der Waals surface area contributed by atoms with Crippen LogP contribution in [0.3, 0.4) is 0 Å². The number of aliphatic hydroxyl groups is 1. The molecule has 0 aromatic carbocycles. The number of H-pyrrole nitrogens is 1. The molecule has 0 radical (unpaired) electrons. The molecule has 0 amide bonds. The van der Waals surface area contributed by atoms with Crippen LogP contribution in [0.4, 0.5) is 0 Å². The number of nitrogens with one attached hydrogen (secondary N) is 2. The second-order valence-electron chi connectivity index (χ2n) is 5.18. The van der Waals surface area contributed by atoms with Gasteiger partial charge in [0.05, 0.1) is 6.61 Å². The van der Waals surface area contributed by atoms with Gasteiger partial charge in [0.2, 0.25) is 0 Å². The van der Waals surface area contributed by atoms with E-state index in [4.69, 9.17) is 5.11 Å². The molecule has 0 fully saturated rings. The summed E-state index contributed by atoms with van der Waals surface area (Å²) in [6.45, 7) is 7.41. The molecule has 0 aliphatic rings. The van der Waals surface area contributed by atoms with Gasteiger partial charge in [0.25, 0.3) is 10.0 Å². The maximum absolute atomic E-state index is 12.0. The van der Waals surface area contributed by atoms with Crippen LogP contribution in [0.5, 0.6) is 0 Å². The Kier molecular flexibility index (Phi) is 3.95. The first-order valence-electron chi connectivity index (χ1n) is 5.32. The van der Waals surface area contributed by atoms with Crippen LogP contribution in [0.25, 0.3) is 0 Å². The fourth-order valence-electron chi connectivity index (χ4n) is 1.22. The minimum absolute atomic E-state index is 0.123. The molecule has 3 N–H and O–H groups in total. The average Bonchev–Trinajstić information content (AvgIpc) is 2.56. The van der Waals surface area contributed by atoms with Gasteiger partial charge in [0.15, 0.2) is 5.03 Å². The Morgan fingerprint density at radius 3 is 2.47 bits per heavy atom. The second-order valence-corrected chi connectivity index (χ2v) is 6.86. The quantitative estimate of drug-likeness (QED) is 0.737. The minimum Gasteiger partial charge on any atom is -0.392 e. The Bertz CT molecular complexity index is 485. The topological polar surface area (TPSA) is 95.1 Å². The molecule has 0 bridgehead atoms. The number of aromatic nitrogens is 2. The summed E-state index contributed by atoms with van der Waals surface area (Å²) in [5.41, 5.74) is 0.715. The molecular weight excluding hydrogens is 242 g/mol. The van der Waals surface area contributed by atoms with Crippen LogP contribution >= 0.6 is 0 Å². The van der Waals surface area contributed by atoms with Gasteiger partial charge < -0.3 is 5.11 Å². The van der Waals surface area contributed by atoms with E-state index in [1.165, 1.54) is 0 Å². The Hall–Kier alpha value is -0.920. The van der Waals surface area contributed by atoms with Crippen molar-refractivity contribution in [2.75, 3.05) is 6.54 Å². The van der Waals surface area contributed by atoms with Crippen LogP contribution in [0, 0.1) is 12.3 Å². The molecule has 0 saturated heterocycles. The molecule has 0 saturated carbocycles. The molecular formula is C10H19N3O3S. The van der Waals surface area contributed by atoms with E-state index < -0.39 is 10.0 Å². The van der Waals surface area contributed by atoms with Gasteiger partial charge in [-0.3, -0.25) is 5.10 Å². The lowest BCUT2D eigenvalue weighted by Gasteiger charge is -2.18. The van der Waals surface area contributed by atoms with Crippen LogP contribution in [0.2, 0.25) is 0 Å². The van der Waals surface area contributed by atoms with E-state index in [-0.39, 0.29) is 17.0 Å². The van der Waals surface area contributed by atoms with Gasteiger partial charge in [-0.2, -0.15) is 5.10 Å². The van der Waals surface area contributed by atoms with Crippen molar-refractivity contribution in [1.29, 1.82) is 0 Å². The molecule has 17 heavy (non-hydrogen) atoms. The lowest BCUT2D eigenvalue weighted by Crippen LogP contribution is -2.33. The third-order valence-corrected chi connectivity index (χ3v) is 3.61. The van der Waals surface area contributed by atoms with Crippen LogP contribution in [0.1, 0.15) is 32.0 Å². The van der Waals surface area contributed by atoms with Gasteiger partial charge in [0, 0.05) is 17.8 Å². The van der Waals surface area contributed by atoms with Crippen molar-refractivity contribution in [3.05, 3.63) is 11.3 Å². The highest BCUT2D eigenvalue weighted by atomic mass is 32.2. The van der Waals surface area contributed by atoms with Crippen LogP contribution in [-0.2, 0) is 16.6 Å². The Balaban J connectivity index is 2.98. The van der Waals surface area contributed by atoms with E-state index in [0.29, 0.717) is 17.8 Å². The van der Waals surface area contributed by atoms with E-state index in [1.54, 1.807) is 6.92 Å². The Morgan fingerprint density at radius 2 is 2.00 bits per heavy atom. The normalized spacial score (nSPS) is 13.0. The van der Waals surface area contributed by atoms with Crippen molar-refractivity contribution >= 4 is 10.0 Å². The predicted octanol–water partition coefficient (Wildman–Crippen LogP) is 0.535. The molecule has 1 aromatic heterocycles. The van der Waals surface area contributed by atoms with Crippen molar-refractivity contribution in [3.63, 3.8) is 0 Å². The van der Waals surface area contributed by atoms with E-state index >= 15 is 0 Å². The third-order valence-electron chi connectivity index (χ3n) is 2.24. The van der Waals surface area contributed by atoms with Crippen molar-refractivity contribution in [2.24, 2.45) is 5.41 Å². The van der Waals surface area contributed by atoms with E-state index in [2.05, 4.69) is 14.9 Å². The molecule has 7 heteroatoms. The molecule has 1 heterocycles. The highest BCUT2D eigenvalue weighted by Crippen LogP contribution is 2.17. The lowest BCUT2D eigenvalue weighted by atomic mass is 9.98. The smallest absolute Gasteiger partial charge is 0.260 e. The van der Waals surface area contributed by atoms with E-state index in [9.17, 15) is 8.42 Å². The van der Waals surface area contributed by atoms with Gasteiger partial charge in [-0.05, 0) is 12.3 Å². The van der Waals surface area contributed by atoms with Gasteiger partial charge in [0.1, 0.15) is 0 Å². The fourth-order valence-corrected chi connectivity index (χ4v) is 2.69. The largest absolute Gasteiger partial charge is 0.392 e. The fraction of sp³-hybridized carbons (Fsp3) is 0.700. The van der Waals surface area contributed by atoms with Crippen molar-refractivity contribution in [2.45, 2.75) is 39.3 Å². The standard InChI is InChI=1S/C10H19N3O3S/c1-7-8(5-14)9(13-12-7)17(15,16)11-6-10(2,3)4/h11,14H,5-6H2,1-4H3,(H,12,13). The minimum atomic E-state index is -3.67. The predicted molar refractivity (Wildman–Crippen MR) is 63.9 cm³/mol. The van der Waals surface area contributed by atoms with E-state index in [1.807, 2.05) is 20.8 Å². The first-order chi connectivity index (χ1) is 7.67. The van der Waals surface area contributed by atoms with Crippen LogP contribution in [0.15, 0.2) is 5.03 Å². The van der Waals surface area contributed by atoms with Gasteiger partial charge >= 0.3 is 0 Å². The van der Waals surface area contributed by atoms with Crippen molar-refractivity contribution < 1.29 is 13.5 Å². The monoisotopic (exact) mass is 261 g/mol. The molecule has 1 aromatic rings. The van der Waals surface area contributed by atoms with Gasteiger partial charge in [-0.15, -0.1) is 0 Å². The van der Waals surface area contributed by atoms with Gasteiger partial charge in [-0.25, -0.2) is 13.1 Å². The molecule has 0 aliphatic carbocycles. The van der Waals surface area contributed by atoms with Gasteiger partial charge in [-0.1, -0.05) is 20.8 Å². The summed E-state index contributed by atoms with van der Waals surface area (Å²) in [6, 6.07) is 0. The third kappa shape index (κ3) is 3.52. The molecule has 0 unspecified atom stereocenters. The Morgan fingerprint density at radius 1 is 1.41 bits per heavy atom. The maximum atomic E-state index is 12.0. The summed E-state index contributed by atoms with van der Waals surface area (Å²) in [4.78, 5) is 0. The highest BCUT2D eigenvalue weighted by Gasteiger charge is 2.24. The number of rotatable bonds is 4. The zero-order chi connectivity index (χ0) is 13.3. The number of hydrogen-bond acceptors (Lipinski definition) is 4. The average molecular weight is 261 g/mol. The molecule has 0 aliphatic heterocycles. The highest BCUT2D eigenvalue weighted by molar-refractivity contribution is 7.89. The molecule has 98 valence electrons. The number of hydrogen-bond donors (Lipinski definition) is 3. The molecule has 1 rings (SSSR count). The number of aromatic amines is 1. The van der Waals surface area contributed by atoms with E-state index in [0.717, 1.165) is 0 Å². The van der Waals surface area contributed by atoms with Crippen molar-refractivity contribution in [3.8, 4) is 0 Å². The molecule has 0 spiro atoms. The summed E-state index contributed by atoms with van der Waals surface area (Å²) < 4.78 is 26.4. The number of nitrogens with zero attached hydrogens (tertiary/aromatic N) is 1. The van der Waals surface area contributed by atoms with Crippen LogP contribution in [-0.4, -0.2) is 30.3 Å². The van der Waals surface area contributed by atoms with Crippen molar-refractivity contribution in [1.82, 2.24) is 14.9 Å². The SMILES string of the molecule is Cc1[nH]nc(S(=O)(=O)NCC(C)(C)C)c1CO. The zero-order valence-electron chi connectivity index (χ0n) is 10.5.